The molecule has 0 spiro atoms. The van der Waals surface area contributed by atoms with Gasteiger partial charge in [-0.3, -0.25) is 9.78 Å². The highest BCUT2D eigenvalue weighted by molar-refractivity contribution is 7.99. The lowest BCUT2D eigenvalue weighted by Crippen LogP contribution is -2.18. The van der Waals surface area contributed by atoms with Gasteiger partial charge in [-0.05, 0) is 31.9 Å². The molecule has 8 heteroatoms. The molecule has 152 valence electrons. The molecule has 0 radical (unpaired) electrons. The molecule has 3 aromatic rings. The van der Waals surface area contributed by atoms with Gasteiger partial charge in [-0.25, -0.2) is 8.42 Å². The van der Waals surface area contributed by atoms with Crippen LogP contribution < -0.4 is 0 Å². The lowest BCUT2D eigenvalue weighted by molar-refractivity contribution is -0.137. The molecule has 1 aromatic carbocycles. The molecule has 4 rings (SSSR count). The van der Waals surface area contributed by atoms with Gasteiger partial charge in [0, 0.05) is 45.8 Å². The predicted molar refractivity (Wildman–Crippen MR) is 112 cm³/mol. The first kappa shape index (κ1) is 20.0. The number of nitrogens with zero attached hydrogens (tertiary/aromatic N) is 2. The third kappa shape index (κ3) is 3.79. The molecule has 29 heavy (non-hydrogen) atoms. The molecule has 2 aromatic heterocycles. The summed E-state index contributed by atoms with van der Waals surface area (Å²) in [6, 6.07) is 8.04. The average Bonchev–Trinajstić information content (AvgIpc) is 2.97. The summed E-state index contributed by atoms with van der Waals surface area (Å²) in [5.74, 6) is -1.00. The van der Waals surface area contributed by atoms with Crippen LogP contribution in [0.25, 0.3) is 10.9 Å². The standard InChI is InChI=1S/C21H22N2O4S2/c1-13-5-7-15(8-6-13)28-21-19-16(11-22-12-17(19)29(2,26)27)23-9-3-4-14(20(21)23)10-18(24)25/h5-8,11-12,14H,3-4,9-10H2,1-2H3,(H,24,25). The molecular weight excluding hydrogens is 408 g/mol. The number of rotatable bonds is 5. The number of aliphatic carboxylic acids is 1. The van der Waals surface area contributed by atoms with Crippen molar-refractivity contribution >= 4 is 38.5 Å². The lowest BCUT2D eigenvalue weighted by atomic mass is 9.93. The highest BCUT2D eigenvalue weighted by Crippen LogP contribution is 2.47. The van der Waals surface area contributed by atoms with Gasteiger partial charge in [-0.2, -0.15) is 0 Å². The van der Waals surface area contributed by atoms with E-state index in [9.17, 15) is 18.3 Å². The van der Waals surface area contributed by atoms with Crippen LogP contribution in [0.5, 0.6) is 0 Å². The van der Waals surface area contributed by atoms with E-state index in [0.717, 1.165) is 46.0 Å². The van der Waals surface area contributed by atoms with Gasteiger partial charge in [-0.1, -0.05) is 29.5 Å². The first-order valence-electron chi connectivity index (χ1n) is 9.42. The van der Waals surface area contributed by atoms with Crippen LogP contribution in [0, 0.1) is 6.92 Å². The Morgan fingerprint density at radius 2 is 2.00 bits per heavy atom. The maximum Gasteiger partial charge on any atom is 0.304 e. The third-order valence-corrected chi connectivity index (χ3v) is 7.55. The highest BCUT2D eigenvalue weighted by Gasteiger charge is 2.32. The number of fused-ring (bicyclic) bond motifs is 3. The van der Waals surface area contributed by atoms with Gasteiger partial charge < -0.3 is 9.67 Å². The van der Waals surface area contributed by atoms with Gasteiger partial charge in [0.1, 0.15) is 0 Å². The number of aryl methyl sites for hydroxylation is 2. The van der Waals surface area contributed by atoms with Gasteiger partial charge in [0.15, 0.2) is 9.84 Å². The van der Waals surface area contributed by atoms with Gasteiger partial charge >= 0.3 is 5.97 Å². The molecule has 0 fully saturated rings. The van der Waals surface area contributed by atoms with Crippen molar-refractivity contribution in [1.82, 2.24) is 9.55 Å². The number of hydrogen-bond donors (Lipinski definition) is 1. The topological polar surface area (TPSA) is 89.3 Å². The summed E-state index contributed by atoms with van der Waals surface area (Å²) in [5, 5.41) is 10.1. The summed E-state index contributed by atoms with van der Waals surface area (Å²) < 4.78 is 27.1. The van der Waals surface area contributed by atoms with E-state index in [-0.39, 0.29) is 17.2 Å². The van der Waals surface area contributed by atoms with Crippen LogP contribution in [-0.4, -0.2) is 35.3 Å². The zero-order valence-corrected chi connectivity index (χ0v) is 17.9. The van der Waals surface area contributed by atoms with Crippen LogP contribution >= 0.6 is 11.8 Å². The van der Waals surface area contributed by atoms with Crippen molar-refractivity contribution in [2.24, 2.45) is 0 Å². The first-order chi connectivity index (χ1) is 13.8. The fourth-order valence-electron chi connectivity index (χ4n) is 4.04. The Morgan fingerprint density at radius 1 is 1.28 bits per heavy atom. The van der Waals surface area contributed by atoms with Crippen molar-refractivity contribution in [2.75, 3.05) is 6.26 Å². The minimum Gasteiger partial charge on any atom is -0.481 e. The normalized spacial score (nSPS) is 16.7. The van der Waals surface area contributed by atoms with Crippen LogP contribution in [0.4, 0.5) is 0 Å². The highest BCUT2D eigenvalue weighted by atomic mass is 32.2. The molecule has 0 saturated heterocycles. The molecule has 0 amide bonds. The van der Waals surface area contributed by atoms with Crippen molar-refractivity contribution in [3.8, 4) is 0 Å². The van der Waals surface area contributed by atoms with Crippen LogP contribution in [0.3, 0.4) is 0 Å². The molecule has 0 saturated carbocycles. The van der Waals surface area contributed by atoms with E-state index in [1.165, 1.54) is 24.2 Å². The number of pyridine rings is 1. The summed E-state index contributed by atoms with van der Waals surface area (Å²) in [6.45, 7) is 2.74. The minimum atomic E-state index is -3.50. The van der Waals surface area contributed by atoms with Gasteiger partial charge in [0.25, 0.3) is 0 Å². The summed E-state index contributed by atoms with van der Waals surface area (Å²) in [5.41, 5.74) is 2.81. The smallest absolute Gasteiger partial charge is 0.304 e. The Hall–Kier alpha value is -2.32. The molecular formula is C21H22N2O4S2. The van der Waals surface area contributed by atoms with Crippen LogP contribution in [0.2, 0.25) is 0 Å². The molecule has 0 aliphatic carbocycles. The van der Waals surface area contributed by atoms with Crippen molar-refractivity contribution in [3.63, 3.8) is 0 Å². The molecule has 1 atom stereocenters. The van der Waals surface area contributed by atoms with Crippen LogP contribution in [0.1, 0.15) is 36.4 Å². The van der Waals surface area contributed by atoms with Gasteiger partial charge in [0.05, 0.1) is 23.0 Å². The Labute approximate surface area is 173 Å². The molecule has 6 nitrogen and oxygen atoms in total. The number of carboxylic acids is 1. The van der Waals surface area contributed by atoms with Crippen LogP contribution in [0.15, 0.2) is 51.3 Å². The Kier molecular flexibility index (Phi) is 5.16. The van der Waals surface area contributed by atoms with E-state index in [0.29, 0.717) is 5.39 Å². The first-order valence-corrected chi connectivity index (χ1v) is 12.1. The molecule has 3 heterocycles. The number of benzene rings is 1. The quantitative estimate of drug-likeness (QED) is 0.651. The van der Waals surface area contributed by atoms with E-state index in [2.05, 4.69) is 9.55 Å². The van der Waals surface area contributed by atoms with E-state index >= 15 is 0 Å². The third-order valence-electron chi connectivity index (χ3n) is 5.31. The average molecular weight is 431 g/mol. The fourth-order valence-corrected chi connectivity index (χ4v) is 6.14. The van der Waals surface area contributed by atoms with Crippen molar-refractivity contribution < 1.29 is 18.3 Å². The van der Waals surface area contributed by atoms with Crippen LogP contribution in [-0.2, 0) is 21.2 Å². The Balaban J connectivity index is 2.01. The Morgan fingerprint density at radius 3 is 2.66 bits per heavy atom. The van der Waals surface area contributed by atoms with Crippen molar-refractivity contribution in [2.45, 2.75) is 53.3 Å². The molecule has 1 unspecified atom stereocenters. The van der Waals surface area contributed by atoms with Crippen molar-refractivity contribution in [1.29, 1.82) is 0 Å². The largest absolute Gasteiger partial charge is 0.481 e. The monoisotopic (exact) mass is 430 g/mol. The minimum absolute atomic E-state index is 0.0272. The number of sulfone groups is 1. The molecule has 0 bridgehead atoms. The second kappa shape index (κ2) is 7.50. The Bertz CT molecular complexity index is 1200. The predicted octanol–water partition coefficient (Wildman–Crippen LogP) is 4.25. The molecule has 1 N–H and O–H groups in total. The number of hydrogen-bond acceptors (Lipinski definition) is 5. The second-order valence-electron chi connectivity index (χ2n) is 7.52. The maximum absolute atomic E-state index is 12.5. The maximum atomic E-state index is 12.5. The van der Waals surface area contributed by atoms with Crippen molar-refractivity contribution in [3.05, 3.63) is 47.9 Å². The van der Waals surface area contributed by atoms with E-state index in [1.807, 2.05) is 31.2 Å². The summed E-state index contributed by atoms with van der Waals surface area (Å²) >= 11 is 1.50. The zero-order valence-electron chi connectivity index (χ0n) is 16.3. The van der Waals surface area contributed by atoms with Gasteiger partial charge in [-0.15, -0.1) is 0 Å². The molecule has 1 aliphatic rings. The van der Waals surface area contributed by atoms with E-state index in [4.69, 9.17) is 0 Å². The summed E-state index contributed by atoms with van der Waals surface area (Å²) in [6.07, 6.45) is 5.93. The van der Waals surface area contributed by atoms with E-state index < -0.39 is 15.8 Å². The SMILES string of the molecule is Cc1ccc(Sc2c3n(c4cncc(S(C)(=O)=O)c24)CCCC3CC(=O)O)cc1. The fraction of sp³-hybridized carbons (Fsp3) is 0.333. The zero-order chi connectivity index (χ0) is 20.8. The second-order valence-corrected chi connectivity index (χ2v) is 10.6. The molecule has 1 aliphatic heterocycles. The lowest BCUT2D eigenvalue weighted by Gasteiger charge is -2.25. The van der Waals surface area contributed by atoms with E-state index in [1.54, 1.807) is 6.20 Å². The number of aromatic nitrogens is 2. The summed E-state index contributed by atoms with van der Waals surface area (Å²) in [7, 11) is -3.50. The summed E-state index contributed by atoms with van der Waals surface area (Å²) in [4.78, 5) is 17.7. The number of carbonyl (C=O) groups is 1. The number of carboxylic acid groups (broad SMARTS) is 1. The van der Waals surface area contributed by atoms with Gasteiger partial charge in [0.2, 0.25) is 0 Å².